The molecule has 1 aliphatic rings. The molecular weight excluding hydrogens is 388 g/mol. The van der Waals surface area contributed by atoms with E-state index < -0.39 is 0 Å². The molecule has 0 aliphatic heterocycles. The summed E-state index contributed by atoms with van der Waals surface area (Å²) >= 11 is 3.33. The molecule has 1 amide bonds. The number of hydrogen-bond acceptors (Lipinski definition) is 5. The fourth-order valence-corrected chi connectivity index (χ4v) is 5.39. The summed E-state index contributed by atoms with van der Waals surface area (Å²) in [5, 5.41) is 12.7. The number of thiophene rings is 1. The van der Waals surface area contributed by atoms with E-state index in [2.05, 4.69) is 40.0 Å². The number of nitrogens with one attached hydrogen (secondary N) is 1. The zero-order chi connectivity index (χ0) is 19.9. The second-order valence-electron chi connectivity index (χ2n) is 7.94. The SMILES string of the molecule is CSc1nnc(CCCNC(=O)c2cc3c(s2)CCCCCC3)n1CC(C)C. The molecule has 5 nitrogen and oxygen atoms in total. The Morgan fingerprint density at radius 1 is 1.25 bits per heavy atom. The molecule has 1 N–H and O–H groups in total. The number of rotatable bonds is 8. The Balaban J connectivity index is 1.51. The molecule has 0 saturated carbocycles. The van der Waals surface area contributed by atoms with Gasteiger partial charge in [-0.25, -0.2) is 0 Å². The van der Waals surface area contributed by atoms with Gasteiger partial charge in [-0.2, -0.15) is 0 Å². The lowest BCUT2D eigenvalue weighted by molar-refractivity contribution is 0.0957. The third kappa shape index (κ3) is 5.60. The van der Waals surface area contributed by atoms with Crippen LogP contribution in [0.4, 0.5) is 0 Å². The van der Waals surface area contributed by atoms with Gasteiger partial charge in [-0.3, -0.25) is 4.79 Å². The van der Waals surface area contributed by atoms with Crippen molar-refractivity contribution in [2.45, 2.75) is 76.9 Å². The third-order valence-electron chi connectivity index (χ3n) is 5.11. The molecule has 1 aliphatic carbocycles. The molecule has 28 heavy (non-hydrogen) atoms. The van der Waals surface area contributed by atoms with Gasteiger partial charge in [-0.05, 0) is 55.9 Å². The first-order chi connectivity index (χ1) is 13.6. The zero-order valence-electron chi connectivity index (χ0n) is 17.3. The first-order valence-corrected chi connectivity index (χ1v) is 12.5. The Bertz CT molecular complexity index is 756. The highest BCUT2D eigenvalue weighted by molar-refractivity contribution is 7.98. The van der Waals surface area contributed by atoms with Crippen LogP contribution >= 0.6 is 23.1 Å². The molecule has 2 aromatic heterocycles. The summed E-state index contributed by atoms with van der Waals surface area (Å²) in [4.78, 5) is 14.9. The van der Waals surface area contributed by atoms with Crippen molar-refractivity contribution in [2.75, 3.05) is 12.8 Å². The number of hydrogen-bond donors (Lipinski definition) is 1. The lowest BCUT2D eigenvalue weighted by Crippen LogP contribution is -2.24. The number of thioether (sulfide) groups is 1. The lowest BCUT2D eigenvalue weighted by atomic mass is 10.00. The highest BCUT2D eigenvalue weighted by Gasteiger charge is 2.16. The first-order valence-electron chi connectivity index (χ1n) is 10.4. The van der Waals surface area contributed by atoms with Crippen LogP contribution in [0.15, 0.2) is 11.2 Å². The normalized spacial score (nSPS) is 14.6. The summed E-state index contributed by atoms with van der Waals surface area (Å²) in [7, 11) is 0. The summed E-state index contributed by atoms with van der Waals surface area (Å²) in [5.74, 6) is 1.65. The predicted octanol–water partition coefficient (Wildman–Crippen LogP) is 4.74. The number of carbonyl (C=O) groups excluding carboxylic acids is 1. The minimum absolute atomic E-state index is 0.0743. The molecule has 154 valence electrons. The largest absolute Gasteiger partial charge is 0.351 e. The molecule has 0 radical (unpaired) electrons. The molecule has 0 bridgehead atoms. The van der Waals surface area contributed by atoms with E-state index in [0.717, 1.165) is 48.1 Å². The van der Waals surface area contributed by atoms with Crippen LogP contribution in [0.3, 0.4) is 0 Å². The second kappa shape index (κ2) is 10.4. The molecule has 0 spiro atoms. The Labute approximate surface area is 176 Å². The highest BCUT2D eigenvalue weighted by atomic mass is 32.2. The van der Waals surface area contributed by atoms with Crippen LogP contribution in [0.5, 0.6) is 0 Å². The Kier molecular flexibility index (Phi) is 7.97. The van der Waals surface area contributed by atoms with Crippen molar-refractivity contribution in [3.63, 3.8) is 0 Å². The van der Waals surface area contributed by atoms with Gasteiger partial charge in [0.1, 0.15) is 5.82 Å². The second-order valence-corrected chi connectivity index (χ2v) is 9.85. The molecule has 3 rings (SSSR count). The van der Waals surface area contributed by atoms with E-state index in [9.17, 15) is 4.79 Å². The van der Waals surface area contributed by atoms with Gasteiger partial charge in [-0.1, -0.05) is 38.5 Å². The average molecular weight is 421 g/mol. The summed E-state index contributed by atoms with van der Waals surface area (Å²) < 4.78 is 2.22. The molecule has 2 aromatic rings. The molecule has 0 saturated heterocycles. The van der Waals surface area contributed by atoms with E-state index in [0.29, 0.717) is 12.5 Å². The van der Waals surface area contributed by atoms with Crippen molar-refractivity contribution in [1.29, 1.82) is 0 Å². The van der Waals surface area contributed by atoms with Gasteiger partial charge in [0.2, 0.25) is 0 Å². The van der Waals surface area contributed by atoms with Crippen molar-refractivity contribution in [3.05, 3.63) is 27.2 Å². The van der Waals surface area contributed by atoms with Crippen molar-refractivity contribution in [1.82, 2.24) is 20.1 Å². The van der Waals surface area contributed by atoms with Crippen LogP contribution in [0.1, 0.15) is 71.9 Å². The maximum Gasteiger partial charge on any atom is 0.261 e. The van der Waals surface area contributed by atoms with Crippen LogP contribution in [-0.2, 0) is 25.8 Å². The topological polar surface area (TPSA) is 59.8 Å². The molecule has 0 fully saturated rings. The van der Waals surface area contributed by atoms with E-state index in [-0.39, 0.29) is 5.91 Å². The van der Waals surface area contributed by atoms with E-state index >= 15 is 0 Å². The quantitative estimate of drug-likeness (QED) is 0.495. The summed E-state index contributed by atoms with van der Waals surface area (Å²) in [5.41, 5.74) is 1.40. The van der Waals surface area contributed by atoms with Crippen LogP contribution < -0.4 is 5.32 Å². The maximum atomic E-state index is 12.6. The lowest BCUT2D eigenvalue weighted by Gasteiger charge is -2.11. The van der Waals surface area contributed by atoms with E-state index in [1.807, 2.05) is 6.26 Å². The standard InChI is InChI=1S/C21H32N4OS2/c1-15(2)14-25-19(23-24-21(25)27-3)11-8-12-22-20(26)18-13-16-9-6-4-5-7-10-17(16)28-18/h13,15H,4-12,14H2,1-3H3,(H,22,26). The van der Waals surface area contributed by atoms with E-state index in [1.54, 1.807) is 23.1 Å². The summed E-state index contributed by atoms with van der Waals surface area (Å²) in [6.45, 7) is 6.02. The number of aryl methyl sites for hydroxylation is 3. The van der Waals surface area contributed by atoms with Gasteiger partial charge in [0.15, 0.2) is 5.16 Å². The Morgan fingerprint density at radius 2 is 2.04 bits per heavy atom. The maximum absolute atomic E-state index is 12.6. The van der Waals surface area contributed by atoms with Gasteiger partial charge in [0, 0.05) is 24.4 Å². The summed E-state index contributed by atoms with van der Waals surface area (Å²) in [6, 6.07) is 2.13. The van der Waals surface area contributed by atoms with Gasteiger partial charge >= 0.3 is 0 Å². The number of fused-ring (bicyclic) bond motifs is 1. The zero-order valence-corrected chi connectivity index (χ0v) is 18.9. The van der Waals surface area contributed by atoms with E-state index in [1.165, 1.54) is 36.1 Å². The predicted molar refractivity (Wildman–Crippen MR) is 117 cm³/mol. The fourth-order valence-electron chi connectivity index (χ4n) is 3.70. The van der Waals surface area contributed by atoms with Gasteiger partial charge in [-0.15, -0.1) is 21.5 Å². The number of amides is 1. The molecule has 2 heterocycles. The van der Waals surface area contributed by atoms with Crippen LogP contribution in [0.2, 0.25) is 0 Å². The van der Waals surface area contributed by atoms with Crippen LogP contribution in [0, 0.1) is 5.92 Å². The molecule has 7 heteroatoms. The minimum Gasteiger partial charge on any atom is -0.351 e. The van der Waals surface area contributed by atoms with E-state index in [4.69, 9.17) is 0 Å². The van der Waals surface area contributed by atoms with Gasteiger partial charge in [0.05, 0.1) is 4.88 Å². The summed E-state index contributed by atoms with van der Waals surface area (Å²) in [6.07, 6.45) is 11.1. The highest BCUT2D eigenvalue weighted by Crippen LogP contribution is 2.28. The van der Waals surface area contributed by atoms with Crippen LogP contribution in [0.25, 0.3) is 0 Å². The fraction of sp³-hybridized carbons (Fsp3) is 0.667. The van der Waals surface area contributed by atoms with Crippen molar-refractivity contribution >= 4 is 29.0 Å². The van der Waals surface area contributed by atoms with Gasteiger partial charge < -0.3 is 9.88 Å². The minimum atomic E-state index is 0.0743. The average Bonchev–Trinajstić information content (AvgIpc) is 3.22. The first kappa shape index (κ1) is 21.4. The van der Waals surface area contributed by atoms with Crippen molar-refractivity contribution < 1.29 is 4.79 Å². The number of carbonyl (C=O) groups is 1. The van der Waals surface area contributed by atoms with Crippen molar-refractivity contribution in [2.24, 2.45) is 5.92 Å². The third-order valence-corrected chi connectivity index (χ3v) is 7.01. The van der Waals surface area contributed by atoms with Crippen LogP contribution in [-0.4, -0.2) is 33.5 Å². The Hall–Kier alpha value is -1.34. The molecule has 0 aromatic carbocycles. The number of aromatic nitrogens is 3. The van der Waals surface area contributed by atoms with Crippen molar-refractivity contribution in [3.8, 4) is 0 Å². The molecule has 0 atom stereocenters. The Morgan fingerprint density at radius 3 is 2.79 bits per heavy atom. The number of nitrogens with zero attached hydrogens (tertiary/aromatic N) is 3. The molecular formula is C21H32N4OS2. The smallest absolute Gasteiger partial charge is 0.261 e. The molecule has 0 unspecified atom stereocenters. The monoisotopic (exact) mass is 420 g/mol. The van der Waals surface area contributed by atoms with Gasteiger partial charge in [0.25, 0.3) is 5.91 Å².